The highest BCUT2D eigenvalue weighted by Gasteiger charge is 2.23. The molecule has 2 fully saturated rings. The lowest BCUT2D eigenvalue weighted by Gasteiger charge is -2.31. The van der Waals surface area contributed by atoms with E-state index in [4.69, 9.17) is 4.74 Å². The van der Waals surface area contributed by atoms with E-state index >= 15 is 0 Å². The van der Waals surface area contributed by atoms with Crippen LogP contribution in [-0.2, 0) is 11.2 Å². The zero-order valence-electron chi connectivity index (χ0n) is 16.6. The third-order valence-corrected chi connectivity index (χ3v) is 5.40. The van der Waals surface area contributed by atoms with Crippen molar-refractivity contribution in [1.82, 2.24) is 10.3 Å². The first kappa shape index (κ1) is 18.8. The van der Waals surface area contributed by atoms with Crippen LogP contribution in [0.5, 0.6) is 5.75 Å². The summed E-state index contributed by atoms with van der Waals surface area (Å²) in [6, 6.07) is 10.8. The van der Waals surface area contributed by atoms with Gasteiger partial charge in [0.05, 0.1) is 13.0 Å². The average Bonchev–Trinajstić information content (AvgIpc) is 3.53. The van der Waals surface area contributed by atoms with Crippen molar-refractivity contribution in [2.45, 2.75) is 51.5 Å². The Labute approximate surface area is 167 Å². The fraction of sp³-hybridized carbons (Fsp3) is 0.478. The van der Waals surface area contributed by atoms with Gasteiger partial charge in [-0.05, 0) is 57.2 Å². The van der Waals surface area contributed by atoms with Gasteiger partial charge >= 0.3 is 0 Å². The molecule has 1 aromatic heterocycles. The topological polar surface area (TPSA) is 54.5 Å². The molecule has 5 nitrogen and oxygen atoms in total. The summed E-state index contributed by atoms with van der Waals surface area (Å²) < 4.78 is 5.74. The van der Waals surface area contributed by atoms with Gasteiger partial charge in [0, 0.05) is 53.9 Å². The number of pyridine rings is 1. The monoisotopic (exact) mass is 379 g/mol. The van der Waals surface area contributed by atoms with E-state index in [0.29, 0.717) is 19.1 Å². The summed E-state index contributed by atoms with van der Waals surface area (Å²) in [5, 5.41) is 3.02. The highest BCUT2D eigenvalue weighted by atomic mass is 16.5. The van der Waals surface area contributed by atoms with Gasteiger partial charge in [0.2, 0.25) is 5.91 Å². The summed E-state index contributed by atoms with van der Waals surface area (Å²) in [4.78, 5) is 19.0. The largest absolute Gasteiger partial charge is 0.494 e. The number of anilines is 1. The molecule has 1 saturated heterocycles. The van der Waals surface area contributed by atoms with E-state index in [9.17, 15) is 4.79 Å². The van der Waals surface area contributed by atoms with Crippen LogP contribution < -0.4 is 15.0 Å². The molecule has 0 bridgehead atoms. The van der Waals surface area contributed by atoms with Crippen molar-refractivity contribution in [3.63, 3.8) is 0 Å². The summed E-state index contributed by atoms with van der Waals surface area (Å²) >= 11 is 0. The maximum Gasteiger partial charge on any atom is 0.226 e. The van der Waals surface area contributed by atoms with E-state index in [1.807, 2.05) is 25.3 Å². The molecule has 4 rings (SSSR count). The molecule has 0 atom stereocenters. The first-order valence-corrected chi connectivity index (χ1v) is 10.5. The van der Waals surface area contributed by atoms with E-state index in [1.165, 1.54) is 30.5 Å². The zero-order chi connectivity index (χ0) is 19.3. The highest BCUT2D eigenvalue weighted by molar-refractivity contribution is 5.81. The average molecular weight is 380 g/mol. The van der Waals surface area contributed by atoms with Gasteiger partial charge in [-0.1, -0.05) is 6.07 Å². The minimum Gasteiger partial charge on any atom is -0.494 e. The van der Waals surface area contributed by atoms with Crippen molar-refractivity contribution in [3.05, 3.63) is 42.2 Å². The maximum atomic E-state index is 12.0. The summed E-state index contributed by atoms with van der Waals surface area (Å²) in [5.74, 6) is 0.978. The number of amides is 1. The summed E-state index contributed by atoms with van der Waals surface area (Å²) in [7, 11) is 0. The van der Waals surface area contributed by atoms with Crippen molar-refractivity contribution in [3.8, 4) is 16.9 Å². The Morgan fingerprint density at radius 1 is 1.18 bits per heavy atom. The second-order valence-electron chi connectivity index (χ2n) is 7.72. The number of piperidine rings is 1. The molecular weight excluding hydrogens is 350 g/mol. The lowest BCUT2D eigenvalue weighted by molar-refractivity contribution is -0.120. The molecular formula is C23H29N3O2. The number of benzene rings is 1. The fourth-order valence-electron chi connectivity index (χ4n) is 3.77. The SMILES string of the molecule is CCOc1ccc(-c2ccc(CC(=O)NC3CC3)nc2)c(N2CCCCC2)c1. The Kier molecular flexibility index (Phi) is 5.79. The van der Waals surface area contributed by atoms with Crippen molar-refractivity contribution in [2.75, 3.05) is 24.6 Å². The summed E-state index contributed by atoms with van der Waals surface area (Å²) in [6.45, 7) is 4.83. The molecule has 28 heavy (non-hydrogen) atoms. The van der Waals surface area contributed by atoms with Crippen molar-refractivity contribution in [1.29, 1.82) is 0 Å². The molecule has 1 aromatic carbocycles. The first-order valence-electron chi connectivity index (χ1n) is 10.5. The van der Waals surface area contributed by atoms with Crippen LogP contribution in [0.2, 0.25) is 0 Å². The Morgan fingerprint density at radius 3 is 2.68 bits per heavy atom. The Balaban J connectivity index is 1.55. The molecule has 5 heteroatoms. The number of nitrogens with zero attached hydrogens (tertiary/aromatic N) is 2. The quantitative estimate of drug-likeness (QED) is 0.791. The Bertz CT molecular complexity index is 809. The number of aromatic nitrogens is 1. The number of nitrogens with one attached hydrogen (secondary N) is 1. The molecule has 2 aliphatic rings. The molecule has 0 unspecified atom stereocenters. The normalized spacial score (nSPS) is 16.7. The van der Waals surface area contributed by atoms with E-state index < -0.39 is 0 Å². The van der Waals surface area contributed by atoms with Gasteiger partial charge in [-0.15, -0.1) is 0 Å². The first-order chi connectivity index (χ1) is 13.7. The van der Waals surface area contributed by atoms with Gasteiger partial charge in [-0.2, -0.15) is 0 Å². The van der Waals surface area contributed by atoms with E-state index in [2.05, 4.69) is 33.4 Å². The smallest absolute Gasteiger partial charge is 0.226 e. The Hall–Kier alpha value is -2.56. The van der Waals surface area contributed by atoms with Crippen molar-refractivity contribution >= 4 is 11.6 Å². The molecule has 148 valence electrons. The van der Waals surface area contributed by atoms with Crippen LogP contribution in [0, 0.1) is 0 Å². The lowest BCUT2D eigenvalue weighted by Crippen LogP contribution is -2.29. The molecule has 1 aliphatic heterocycles. The second kappa shape index (κ2) is 8.63. The summed E-state index contributed by atoms with van der Waals surface area (Å²) in [6.07, 6.45) is 8.21. The number of ether oxygens (including phenoxy) is 1. The van der Waals surface area contributed by atoms with Crippen LogP contribution in [0.25, 0.3) is 11.1 Å². The Morgan fingerprint density at radius 2 is 2.00 bits per heavy atom. The van der Waals surface area contributed by atoms with Crippen molar-refractivity contribution < 1.29 is 9.53 Å². The van der Waals surface area contributed by atoms with Gasteiger partial charge in [-0.25, -0.2) is 0 Å². The van der Waals surface area contributed by atoms with E-state index in [1.54, 1.807) is 0 Å². The number of hydrogen-bond donors (Lipinski definition) is 1. The van der Waals surface area contributed by atoms with Gasteiger partial charge in [0.1, 0.15) is 5.75 Å². The van der Waals surface area contributed by atoms with Crippen LogP contribution in [-0.4, -0.2) is 36.6 Å². The molecule has 2 heterocycles. The molecule has 1 aliphatic carbocycles. The van der Waals surface area contributed by atoms with Gasteiger partial charge in [-0.3, -0.25) is 9.78 Å². The highest BCUT2D eigenvalue weighted by Crippen LogP contribution is 2.35. The molecule has 1 amide bonds. The fourth-order valence-corrected chi connectivity index (χ4v) is 3.77. The zero-order valence-corrected chi connectivity index (χ0v) is 16.6. The standard InChI is InChI=1S/C23H29N3O2/c1-2-28-20-10-11-21(22(15-20)26-12-4-3-5-13-26)17-6-7-19(24-16-17)14-23(27)25-18-8-9-18/h6-7,10-11,15-16,18H,2-5,8-9,12-14H2,1H3,(H,25,27). The van der Waals surface area contributed by atoms with E-state index in [-0.39, 0.29) is 5.91 Å². The summed E-state index contributed by atoms with van der Waals surface area (Å²) in [5.41, 5.74) is 4.28. The molecule has 0 spiro atoms. The van der Waals surface area contributed by atoms with Crippen molar-refractivity contribution in [2.24, 2.45) is 0 Å². The lowest BCUT2D eigenvalue weighted by atomic mass is 10.0. The predicted molar refractivity (Wildman–Crippen MR) is 112 cm³/mol. The van der Waals surface area contributed by atoms with Gasteiger partial charge in [0.15, 0.2) is 0 Å². The minimum atomic E-state index is 0.0674. The van der Waals surface area contributed by atoms with Crippen LogP contribution in [0.1, 0.15) is 44.7 Å². The minimum absolute atomic E-state index is 0.0674. The molecule has 0 radical (unpaired) electrons. The van der Waals surface area contributed by atoms with Crippen LogP contribution in [0.15, 0.2) is 36.5 Å². The molecule has 2 aromatic rings. The van der Waals surface area contributed by atoms with Crippen LogP contribution in [0.3, 0.4) is 0 Å². The number of rotatable bonds is 7. The number of carbonyl (C=O) groups is 1. The van der Waals surface area contributed by atoms with Crippen LogP contribution in [0.4, 0.5) is 5.69 Å². The third kappa shape index (κ3) is 4.64. The second-order valence-corrected chi connectivity index (χ2v) is 7.72. The van der Waals surface area contributed by atoms with Crippen LogP contribution >= 0.6 is 0 Å². The predicted octanol–water partition coefficient (Wildman–Crippen LogP) is 3.96. The van der Waals surface area contributed by atoms with Gasteiger partial charge < -0.3 is 15.0 Å². The number of carbonyl (C=O) groups excluding carboxylic acids is 1. The molecule has 1 N–H and O–H groups in total. The molecule has 1 saturated carbocycles. The van der Waals surface area contributed by atoms with Gasteiger partial charge in [0.25, 0.3) is 0 Å². The third-order valence-electron chi connectivity index (χ3n) is 5.40. The maximum absolute atomic E-state index is 12.0. The van der Waals surface area contributed by atoms with E-state index in [0.717, 1.165) is 42.9 Å². The number of hydrogen-bond acceptors (Lipinski definition) is 4.